The van der Waals surface area contributed by atoms with Crippen molar-refractivity contribution in [1.29, 1.82) is 0 Å². The number of hydrogen-bond donors (Lipinski definition) is 3. The highest BCUT2D eigenvalue weighted by molar-refractivity contribution is 6.30. The molecule has 0 saturated heterocycles. The first-order valence-electron chi connectivity index (χ1n) is 8.08. The van der Waals surface area contributed by atoms with E-state index in [1.54, 1.807) is 12.1 Å². The summed E-state index contributed by atoms with van der Waals surface area (Å²) in [4.78, 5) is 17.1. The highest BCUT2D eigenvalue weighted by atomic mass is 35.5. The summed E-state index contributed by atoms with van der Waals surface area (Å²) in [5, 5.41) is 7.72. The van der Waals surface area contributed by atoms with Crippen LogP contribution in [0.5, 0.6) is 0 Å². The minimum absolute atomic E-state index is 0.226. The van der Waals surface area contributed by atoms with Gasteiger partial charge in [-0.1, -0.05) is 29.8 Å². The second kappa shape index (κ2) is 7.96. The number of pyridine rings is 1. The number of aromatic nitrogens is 1. The zero-order valence-corrected chi connectivity index (χ0v) is 14.4. The van der Waals surface area contributed by atoms with E-state index in [2.05, 4.69) is 15.6 Å². The van der Waals surface area contributed by atoms with Crippen LogP contribution in [0.3, 0.4) is 0 Å². The van der Waals surface area contributed by atoms with Gasteiger partial charge in [0.25, 0.3) is 5.91 Å². The normalized spacial score (nSPS) is 10.6. The Kier molecular flexibility index (Phi) is 5.48. The van der Waals surface area contributed by atoms with Gasteiger partial charge >= 0.3 is 0 Å². The van der Waals surface area contributed by atoms with E-state index in [1.807, 2.05) is 42.5 Å². The monoisotopic (exact) mass is 354 g/mol. The number of nitrogens with zero attached hydrogens (tertiary/aromatic N) is 1. The number of carbonyl (C=O) groups excluding carboxylic acids is 1. The summed E-state index contributed by atoms with van der Waals surface area (Å²) < 4.78 is 0. The summed E-state index contributed by atoms with van der Waals surface area (Å²) in [5.41, 5.74) is 8.08. The van der Waals surface area contributed by atoms with Crippen molar-refractivity contribution in [3.63, 3.8) is 0 Å². The summed E-state index contributed by atoms with van der Waals surface area (Å²) in [6, 6.07) is 16.9. The Morgan fingerprint density at radius 1 is 1.12 bits per heavy atom. The van der Waals surface area contributed by atoms with E-state index in [-0.39, 0.29) is 5.91 Å². The molecule has 0 aliphatic carbocycles. The summed E-state index contributed by atoms with van der Waals surface area (Å²) in [7, 11) is 0. The minimum atomic E-state index is -0.226. The topological polar surface area (TPSA) is 80.0 Å². The van der Waals surface area contributed by atoms with Gasteiger partial charge in [0, 0.05) is 22.6 Å². The van der Waals surface area contributed by atoms with Crippen molar-refractivity contribution in [3.8, 4) is 0 Å². The summed E-state index contributed by atoms with van der Waals surface area (Å²) in [6.07, 6.45) is 0.721. The van der Waals surface area contributed by atoms with Crippen molar-refractivity contribution in [2.24, 2.45) is 5.73 Å². The second-order valence-corrected chi connectivity index (χ2v) is 6.04. The number of rotatable bonds is 6. The van der Waals surface area contributed by atoms with Gasteiger partial charge in [-0.15, -0.1) is 0 Å². The van der Waals surface area contributed by atoms with Crippen LogP contribution in [0, 0.1) is 0 Å². The number of anilines is 2. The van der Waals surface area contributed by atoms with Crippen molar-refractivity contribution in [2.75, 3.05) is 18.4 Å². The van der Waals surface area contributed by atoms with Gasteiger partial charge in [-0.2, -0.15) is 0 Å². The van der Waals surface area contributed by atoms with Crippen LogP contribution in [-0.4, -0.2) is 24.0 Å². The minimum Gasteiger partial charge on any atom is -0.354 e. The molecule has 25 heavy (non-hydrogen) atoms. The number of carbonyl (C=O) groups is 1. The van der Waals surface area contributed by atoms with E-state index >= 15 is 0 Å². The van der Waals surface area contributed by atoms with Gasteiger partial charge in [0.05, 0.1) is 11.2 Å². The van der Waals surface area contributed by atoms with Crippen molar-refractivity contribution in [2.45, 2.75) is 6.42 Å². The van der Waals surface area contributed by atoms with Crippen LogP contribution in [0.15, 0.2) is 54.6 Å². The zero-order valence-electron chi connectivity index (χ0n) is 13.6. The predicted molar refractivity (Wildman–Crippen MR) is 102 cm³/mol. The lowest BCUT2D eigenvalue weighted by molar-refractivity contribution is 0.0950. The van der Waals surface area contributed by atoms with E-state index in [0.717, 1.165) is 23.0 Å². The number of fused-ring (bicyclic) bond motifs is 1. The molecule has 0 unspecified atom stereocenters. The number of nitrogens with one attached hydrogen (secondary N) is 2. The van der Waals surface area contributed by atoms with Crippen LogP contribution in [0.25, 0.3) is 10.9 Å². The Balaban J connectivity index is 1.96. The standard InChI is InChI=1S/C19H19ClN4O/c20-14-6-8-15(9-7-14)23-17-12-13-4-1-2-5-16(13)24-18(17)19(25)22-11-3-10-21/h1-2,4-9,12,23H,3,10-11,21H2,(H,22,25). The molecule has 0 saturated carbocycles. The van der Waals surface area contributed by atoms with E-state index in [9.17, 15) is 4.79 Å². The lowest BCUT2D eigenvalue weighted by Gasteiger charge is -2.13. The van der Waals surface area contributed by atoms with Crippen LogP contribution in [0.4, 0.5) is 11.4 Å². The molecule has 1 aromatic heterocycles. The molecule has 4 N–H and O–H groups in total. The first kappa shape index (κ1) is 17.2. The van der Waals surface area contributed by atoms with E-state index in [1.165, 1.54) is 0 Å². The highest BCUT2D eigenvalue weighted by Crippen LogP contribution is 2.25. The summed E-state index contributed by atoms with van der Waals surface area (Å²) in [6.45, 7) is 1.05. The van der Waals surface area contributed by atoms with Gasteiger partial charge in [-0.05, 0) is 49.4 Å². The number of benzene rings is 2. The molecule has 6 heteroatoms. The number of amides is 1. The third-order valence-corrected chi connectivity index (χ3v) is 3.98. The number of hydrogen-bond acceptors (Lipinski definition) is 4. The molecule has 0 aliphatic rings. The molecule has 0 spiro atoms. The average Bonchev–Trinajstić information content (AvgIpc) is 2.63. The van der Waals surface area contributed by atoms with E-state index in [4.69, 9.17) is 17.3 Å². The van der Waals surface area contributed by atoms with Gasteiger partial charge in [0.1, 0.15) is 0 Å². The van der Waals surface area contributed by atoms with Crippen molar-refractivity contribution < 1.29 is 4.79 Å². The zero-order chi connectivity index (χ0) is 17.6. The third kappa shape index (κ3) is 4.26. The summed E-state index contributed by atoms with van der Waals surface area (Å²) in [5.74, 6) is -0.226. The van der Waals surface area contributed by atoms with Crippen LogP contribution in [-0.2, 0) is 0 Å². The summed E-state index contributed by atoms with van der Waals surface area (Å²) >= 11 is 5.93. The number of nitrogens with two attached hydrogens (primary N) is 1. The maximum atomic E-state index is 12.6. The molecule has 0 atom stereocenters. The molecular formula is C19H19ClN4O. The Morgan fingerprint density at radius 3 is 2.64 bits per heavy atom. The molecule has 0 aliphatic heterocycles. The molecule has 5 nitrogen and oxygen atoms in total. The quantitative estimate of drug-likeness (QED) is 0.589. The van der Waals surface area contributed by atoms with Crippen LogP contribution in [0.1, 0.15) is 16.9 Å². The smallest absolute Gasteiger partial charge is 0.272 e. The average molecular weight is 355 g/mol. The second-order valence-electron chi connectivity index (χ2n) is 5.61. The van der Waals surface area contributed by atoms with Crippen molar-refractivity contribution in [1.82, 2.24) is 10.3 Å². The Morgan fingerprint density at radius 2 is 1.88 bits per heavy atom. The molecule has 0 fully saturated rings. The fourth-order valence-electron chi connectivity index (χ4n) is 2.46. The van der Waals surface area contributed by atoms with Crippen LogP contribution >= 0.6 is 11.6 Å². The largest absolute Gasteiger partial charge is 0.354 e. The van der Waals surface area contributed by atoms with Gasteiger partial charge in [-0.3, -0.25) is 4.79 Å². The maximum absolute atomic E-state index is 12.6. The molecule has 3 rings (SSSR count). The van der Waals surface area contributed by atoms with Crippen molar-refractivity contribution in [3.05, 3.63) is 65.3 Å². The fourth-order valence-corrected chi connectivity index (χ4v) is 2.59. The van der Waals surface area contributed by atoms with Crippen LogP contribution < -0.4 is 16.4 Å². The first-order chi connectivity index (χ1) is 12.2. The molecule has 3 aromatic rings. The van der Waals surface area contributed by atoms with Gasteiger partial charge in [-0.25, -0.2) is 4.98 Å². The number of para-hydroxylation sites is 1. The van der Waals surface area contributed by atoms with Gasteiger partial charge < -0.3 is 16.4 Å². The molecular weight excluding hydrogens is 336 g/mol. The van der Waals surface area contributed by atoms with Gasteiger partial charge in [0.15, 0.2) is 5.69 Å². The molecule has 1 amide bonds. The highest BCUT2D eigenvalue weighted by Gasteiger charge is 2.15. The van der Waals surface area contributed by atoms with E-state index in [0.29, 0.717) is 29.5 Å². The Labute approximate surface area is 151 Å². The Hall–Kier alpha value is -2.63. The van der Waals surface area contributed by atoms with Crippen LogP contribution in [0.2, 0.25) is 5.02 Å². The molecule has 2 aromatic carbocycles. The predicted octanol–water partition coefficient (Wildman–Crippen LogP) is 3.71. The Bertz CT molecular complexity index is 880. The lowest BCUT2D eigenvalue weighted by atomic mass is 10.1. The fraction of sp³-hybridized carbons (Fsp3) is 0.158. The molecule has 0 bridgehead atoms. The van der Waals surface area contributed by atoms with E-state index < -0.39 is 0 Å². The third-order valence-electron chi connectivity index (χ3n) is 3.73. The maximum Gasteiger partial charge on any atom is 0.272 e. The van der Waals surface area contributed by atoms with Crippen molar-refractivity contribution >= 4 is 39.8 Å². The molecule has 128 valence electrons. The SMILES string of the molecule is NCCCNC(=O)c1nc2ccccc2cc1Nc1ccc(Cl)cc1. The van der Waals surface area contributed by atoms with Gasteiger partial charge in [0.2, 0.25) is 0 Å². The molecule has 0 radical (unpaired) electrons. The molecule has 1 heterocycles. The first-order valence-corrected chi connectivity index (χ1v) is 8.46. The lowest BCUT2D eigenvalue weighted by Crippen LogP contribution is -2.27. The number of halogens is 1.